The minimum absolute atomic E-state index is 0.296. The van der Waals surface area contributed by atoms with Crippen molar-refractivity contribution < 1.29 is 9.47 Å². The van der Waals surface area contributed by atoms with Crippen LogP contribution in [0, 0.1) is 0 Å². The highest BCUT2D eigenvalue weighted by Gasteiger charge is 2.38. The Kier molecular flexibility index (Phi) is 8.73. The molecule has 0 aliphatic rings. The lowest BCUT2D eigenvalue weighted by Crippen LogP contribution is -2.61. The van der Waals surface area contributed by atoms with Crippen molar-refractivity contribution in [3.05, 3.63) is 0 Å². The molecule has 0 amide bonds. The molecule has 18 heavy (non-hydrogen) atoms. The molecule has 1 unspecified atom stereocenters. The van der Waals surface area contributed by atoms with Gasteiger partial charge in [-0.3, -0.25) is 4.90 Å². The summed E-state index contributed by atoms with van der Waals surface area (Å²) < 4.78 is 10.9. The molecular formula is C13H31N3O2. The maximum Gasteiger partial charge on any atom is 0.176 e. The Morgan fingerprint density at radius 3 is 2.00 bits per heavy atom. The lowest BCUT2D eigenvalue weighted by molar-refractivity contribution is -0.181. The maximum atomic E-state index is 5.98. The molecule has 2 N–H and O–H groups in total. The second-order valence-electron chi connectivity index (χ2n) is 5.15. The highest BCUT2D eigenvalue weighted by molar-refractivity contribution is 4.91. The van der Waals surface area contributed by atoms with Crippen molar-refractivity contribution in [2.24, 2.45) is 5.73 Å². The molecule has 0 heterocycles. The molecule has 0 bridgehead atoms. The van der Waals surface area contributed by atoms with Crippen molar-refractivity contribution in [3.63, 3.8) is 0 Å². The molecule has 0 aromatic carbocycles. The van der Waals surface area contributed by atoms with Crippen LogP contribution in [0.5, 0.6) is 0 Å². The standard InChI is InChI=1S/C13H31N3O2/c1-7-8-16(10-9-15(3)4)13(2,11-14)12(17-5)18-6/h12H,7-11,14H2,1-6H3. The van der Waals surface area contributed by atoms with E-state index in [1.54, 1.807) is 14.2 Å². The van der Waals surface area contributed by atoms with Crippen LogP contribution in [0.1, 0.15) is 20.3 Å². The Bertz CT molecular complexity index is 210. The van der Waals surface area contributed by atoms with Crippen molar-refractivity contribution in [1.29, 1.82) is 0 Å². The third-order valence-electron chi connectivity index (χ3n) is 3.38. The molecule has 110 valence electrons. The van der Waals surface area contributed by atoms with Gasteiger partial charge < -0.3 is 20.1 Å². The van der Waals surface area contributed by atoms with Gasteiger partial charge in [-0.1, -0.05) is 6.92 Å². The molecule has 0 rings (SSSR count). The van der Waals surface area contributed by atoms with Gasteiger partial charge in [0.15, 0.2) is 6.29 Å². The van der Waals surface area contributed by atoms with Crippen LogP contribution in [0.4, 0.5) is 0 Å². The fraction of sp³-hybridized carbons (Fsp3) is 1.00. The molecular weight excluding hydrogens is 230 g/mol. The van der Waals surface area contributed by atoms with Gasteiger partial charge >= 0.3 is 0 Å². The summed E-state index contributed by atoms with van der Waals surface area (Å²) in [6.07, 6.45) is 0.777. The summed E-state index contributed by atoms with van der Waals surface area (Å²) in [6, 6.07) is 0. The van der Waals surface area contributed by atoms with E-state index in [1.165, 1.54) is 0 Å². The first-order valence-electron chi connectivity index (χ1n) is 6.61. The number of ether oxygens (including phenoxy) is 2. The maximum absolute atomic E-state index is 5.98. The Labute approximate surface area is 112 Å². The average Bonchev–Trinajstić information content (AvgIpc) is 2.35. The fourth-order valence-corrected chi connectivity index (χ4v) is 2.19. The minimum Gasteiger partial charge on any atom is -0.354 e. The average molecular weight is 261 g/mol. The molecule has 0 aliphatic carbocycles. The van der Waals surface area contributed by atoms with E-state index in [0.717, 1.165) is 26.1 Å². The fourth-order valence-electron chi connectivity index (χ4n) is 2.19. The van der Waals surface area contributed by atoms with Crippen LogP contribution in [0.3, 0.4) is 0 Å². The van der Waals surface area contributed by atoms with Crippen LogP contribution in [0.15, 0.2) is 0 Å². The van der Waals surface area contributed by atoms with E-state index in [-0.39, 0.29) is 11.8 Å². The van der Waals surface area contributed by atoms with E-state index in [2.05, 4.69) is 37.7 Å². The Hall–Kier alpha value is -0.200. The molecule has 0 spiro atoms. The Morgan fingerprint density at radius 2 is 1.67 bits per heavy atom. The summed E-state index contributed by atoms with van der Waals surface area (Å²) in [4.78, 5) is 4.54. The highest BCUT2D eigenvalue weighted by atomic mass is 16.7. The first kappa shape index (κ1) is 17.8. The third kappa shape index (κ3) is 4.82. The van der Waals surface area contributed by atoms with Crippen molar-refractivity contribution in [3.8, 4) is 0 Å². The monoisotopic (exact) mass is 261 g/mol. The molecule has 0 aromatic heterocycles. The van der Waals surface area contributed by atoms with Crippen molar-refractivity contribution in [1.82, 2.24) is 9.80 Å². The van der Waals surface area contributed by atoms with Crippen LogP contribution in [0.25, 0.3) is 0 Å². The molecule has 1 atom stereocenters. The molecule has 0 radical (unpaired) electrons. The SMILES string of the molecule is CCCN(CCN(C)C)C(C)(CN)C(OC)OC. The Balaban J connectivity index is 4.87. The van der Waals surface area contributed by atoms with Gasteiger partial charge in [0.05, 0.1) is 5.54 Å². The normalized spacial score (nSPS) is 15.7. The van der Waals surface area contributed by atoms with Gasteiger partial charge in [0.1, 0.15) is 0 Å². The minimum atomic E-state index is -0.309. The van der Waals surface area contributed by atoms with Crippen LogP contribution in [-0.4, -0.2) is 76.1 Å². The molecule has 0 aliphatic heterocycles. The largest absolute Gasteiger partial charge is 0.354 e. The van der Waals surface area contributed by atoms with Crippen LogP contribution in [0.2, 0.25) is 0 Å². The van der Waals surface area contributed by atoms with Gasteiger partial charge in [0.25, 0.3) is 0 Å². The smallest absolute Gasteiger partial charge is 0.176 e. The molecule has 0 saturated heterocycles. The van der Waals surface area contributed by atoms with Gasteiger partial charge in [0.2, 0.25) is 0 Å². The number of hydrogen-bond acceptors (Lipinski definition) is 5. The second-order valence-corrected chi connectivity index (χ2v) is 5.15. The number of methoxy groups -OCH3 is 2. The van der Waals surface area contributed by atoms with Crippen molar-refractivity contribution in [2.75, 3.05) is 54.5 Å². The number of nitrogens with two attached hydrogens (primary N) is 1. The quantitative estimate of drug-likeness (QED) is 0.584. The number of hydrogen-bond donors (Lipinski definition) is 1. The molecule has 0 saturated carbocycles. The lowest BCUT2D eigenvalue weighted by Gasteiger charge is -2.44. The number of rotatable bonds is 10. The van der Waals surface area contributed by atoms with E-state index in [9.17, 15) is 0 Å². The molecule has 5 nitrogen and oxygen atoms in total. The summed E-state index contributed by atoms with van der Waals surface area (Å²) in [5.74, 6) is 0. The van der Waals surface area contributed by atoms with E-state index < -0.39 is 0 Å². The zero-order valence-electron chi connectivity index (χ0n) is 12.9. The topological polar surface area (TPSA) is 51.0 Å². The molecule has 0 fully saturated rings. The van der Waals surface area contributed by atoms with Gasteiger partial charge in [0, 0.05) is 33.9 Å². The van der Waals surface area contributed by atoms with E-state index in [4.69, 9.17) is 15.2 Å². The number of likely N-dealkylation sites (N-methyl/N-ethyl adjacent to an activating group) is 1. The predicted molar refractivity (Wildman–Crippen MR) is 75.7 cm³/mol. The predicted octanol–water partition coefficient (Wildman–Crippen LogP) is 0.596. The summed E-state index contributed by atoms with van der Waals surface area (Å²) in [5, 5.41) is 0. The first-order valence-corrected chi connectivity index (χ1v) is 6.61. The zero-order chi connectivity index (χ0) is 14.2. The third-order valence-corrected chi connectivity index (χ3v) is 3.38. The summed E-state index contributed by atoms with van der Waals surface area (Å²) in [5.41, 5.74) is 5.69. The van der Waals surface area contributed by atoms with Crippen LogP contribution >= 0.6 is 0 Å². The zero-order valence-corrected chi connectivity index (χ0v) is 12.9. The summed E-state index contributed by atoms with van der Waals surface area (Å²) in [7, 11) is 7.48. The molecule has 0 aromatic rings. The van der Waals surface area contributed by atoms with E-state index >= 15 is 0 Å². The van der Waals surface area contributed by atoms with Crippen molar-refractivity contribution in [2.45, 2.75) is 32.1 Å². The first-order chi connectivity index (χ1) is 8.46. The van der Waals surface area contributed by atoms with Gasteiger partial charge in [-0.05, 0) is 34.0 Å². The van der Waals surface area contributed by atoms with E-state index in [0.29, 0.717) is 6.54 Å². The second kappa shape index (κ2) is 8.82. The summed E-state index contributed by atoms with van der Waals surface area (Å²) in [6.45, 7) is 7.73. The van der Waals surface area contributed by atoms with Crippen LogP contribution < -0.4 is 5.73 Å². The highest BCUT2D eigenvalue weighted by Crippen LogP contribution is 2.21. The van der Waals surface area contributed by atoms with Gasteiger partial charge in [-0.15, -0.1) is 0 Å². The molecule has 5 heteroatoms. The lowest BCUT2D eigenvalue weighted by atomic mass is 9.98. The van der Waals surface area contributed by atoms with Gasteiger partial charge in [-0.2, -0.15) is 0 Å². The van der Waals surface area contributed by atoms with E-state index in [1.807, 2.05) is 0 Å². The number of nitrogens with zero attached hydrogens (tertiary/aromatic N) is 2. The van der Waals surface area contributed by atoms with Crippen molar-refractivity contribution >= 4 is 0 Å². The Morgan fingerprint density at radius 1 is 1.11 bits per heavy atom. The van der Waals surface area contributed by atoms with Gasteiger partial charge in [-0.25, -0.2) is 0 Å². The summed E-state index contributed by atoms with van der Waals surface area (Å²) >= 11 is 0. The van der Waals surface area contributed by atoms with Crippen LogP contribution in [-0.2, 0) is 9.47 Å².